The lowest BCUT2D eigenvalue weighted by molar-refractivity contribution is 0.521. The molecule has 0 spiro atoms. The first-order valence-corrected chi connectivity index (χ1v) is 5.74. The van der Waals surface area contributed by atoms with Crippen molar-refractivity contribution in [2.45, 2.75) is 39.8 Å². The van der Waals surface area contributed by atoms with Crippen LogP contribution in [0.4, 0.5) is 0 Å². The zero-order valence-corrected chi connectivity index (χ0v) is 10.1. The van der Waals surface area contributed by atoms with Gasteiger partial charge in [0.1, 0.15) is 0 Å². The number of aromatic nitrogens is 3. The summed E-state index contributed by atoms with van der Waals surface area (Å²) < 4.78 is 2.03. The highest BCUT2D eigenvalue weighted by molar-refractivity contribution is 5.40. The van der Waals surface area contributed by atoms with E-state index in [-0.39, 0.29) is 0 Å². The Hall–Kier alpha value is -1.42. The van der Waals surface area contributed by atoms with Gasteiger partial charge in [-0.25, -0.2) is 0 Å². The Balaban J connectivity index is 2.19. The van der Waals surface area contributed by atoms with Crippen LogP contribution in [-0.2, 0) is 6.54 Å². The van der Waals surface area contributed by atoms with Crippen LogP contribution in [0.25, 0.3) is 5.65 Å². The Kier molecular flexibility index (Phi) is 3.19. The van der Waals surface area contributed by atoms with Crippen LogP contribution in [0.3, 0.4) is 0 Å². The Morgan fingerprint density at radius 3 is 3.00 bits per heavy atom. The molecule has 4 nitrogen and oxygen atoms in total. The third-order valence-electron chi connectivity index (χ3n) is 2.86. The van der Waals surface area contributed by atoms with Gasteiger partial charge in [-0.05, 0) is 38.0 Å². The number of pyridine rings is 1. The highest BCUT2D eigenvalue weighted by atomic mass is 15.3. The molecule has 1 atom stereocenters. The Bertz CT molecular complexity index is 475. The van der Waals surface area contributed by atoms with Gasteiger partial charge in [0, 0.05) is 12.2 Å². The standard InChI is InChI=1S/C12H18N4/c1-4-10(3)13-8-12-15-14-11-7-9(2)5-6-16(11)12/h5-7,10,13H,4,8H2,1-3H3. The SMILES string of the molecule is CCC(C)NCc1nnc2cc(C)ccn12. The van der Waals surface area contributed by atoms with E-state index in [1.165, 1.54) is 5.56 Å². The molecule has 2 rings (SSSR count). The van der Waals surface area contributed by atoms with Crippen molar-refractivity contribution in [2.75, 3.05) is 0 Å². The smallest absolute Gasteiger partial charge is 0.161 e. The van der Waals surface area contributed by atoms with Crippen LogP contribution in [0, 0.1) is 6.92 Å². The van der Waals surface area contributed by atoms with E-state index < -0.39 is 0 Å². The molecule has 0 amide bonds. The van der Waals surface area contributed by atoms with Gasteiger partial charge in [-0.1, -0.05) is 6.92 Å². The predicted octanol–water partition coefficient (Wildman–Crippen LogP) is 1.93. The number of nitrogens with zero attached hydrogens (tertiary/aromatic N) is 3. The van der Waals surface area contributed by atoms with Gasteiger partial charge >= 0.3 is 0 Å². The molecular formula is C12H18N4. The van der Waals surface area contributed by atoms with E-state index in [1.54, 1.807) is 0 Å². The van der Waals surface area contributed by atoms with E-state index >= 15 is 0 Å². The fourth-order valence-electron chi connectivity index (χ4n) is 1.57. The largest absolute Gasteiger partial charge is 0.307 e. The summed E-state index contributed by atoms with van der Waals surface area (Å²) >= 11 is 0. The van der Waals surface area contributed by atoms with E-state index in [4.69, 9.17) is 0 Å². The average molecular weight is 218 g/mol. The van der Waals surface area contributed by atoms with Crippen LogP contribution >= 0.6 is 0 Å². The number of hydrogen-bond acceptors (Lipinski definition) is 3. The van der Waals surface area contributed by atoms with Crippen LogP contribution in [0.1, 0.15) is 31.7 Å². The fourth-order valence-corrected chi connectivity index (χ4v) is 1.57. The van der Waals surface area contributed by atoms with Gasteiger partial charge in [-0.3, -0.25) is 4.40 Å². The molecule has 0 aliphatic heterocycles. The van der Waals surface area contributed by atoms with Gasteiger partial charge in [0.2, 0.25) is 0 Å². The lowest BCUT2D eigenvalue weighted by Gasteiger charge is -2.09. The van der Waals surface area contributed by atoms with E-state index in [0.29, 0.717) is 6.04 Å². The highest BCUT2D eigenvalue weighted by Gasteiger charge is 2.06. The maximum atomic E-state index is 4.19. The molecule has 4 heteroatoms. The molecule has 1 unspecified atom stereocenters. The molecule has 2 aromatic heterocycles. The molecule has 0 saturated heterocycles. The van der Waals surface area contributed by atoms with Crippen LogP contribution in [0.5, 0.6) is 0 Å². The molecule has 2 aromatic rings. The summed E-state index contributed by atoms with van der Waals surface area (Å²) in [6.07, 6.45) is 3.15. The van der Waals surface area contributed by atoms with Crippen molar-refractivity contribution >= 4 is 5.65 Å². The minimum atomic E-state index is 0.512. The van der Waals surface area contributed by atoms with E-state index in [0.717, 1.165) is 24.4 Å². The minimum Gasteiger partial charge on any atom is -0.307 e. The second kappa shape index (κ2) is 4.61. The van der Waals surface area contributed by atoms with Gasteiger partial charge in [0.05, 0.1) is 6.54 Å². The summed E-state index contributed by atoms with van der Waals surface area (Å²) in [6, 6.07) is 4.63. The lowest BCUT2D eigenvalue weighted by Crippen LogP contribution is -2.25. The molecule has 0 saturated carbocycles. The van der Waals surface area contributed by atoms with Crippen molar-refractivity contribution < 1.29 is 0 Å². The number of aryl methyl sites for hydroxylation is 1. The molecule has 86 valence electrons. The molecule has 0 fully saturated rings. The van der Waals surface area contributed by atoms with Gasteiger partial charge < -0.3 is 5.32 Å². The summed E-state index contributed by atoms with van der Waals surface area (Å²) in [5.74, 6) is 0.968. The topological polar surface area (TPSA) is 42.2 Å². The first-order chi connectivity index (χ1) is 7.70. The molecule has 16 heavy (non-hydrogen) atoms. The van der Waals surface area contributed by atoms with Crippen molar-refractivity contribution in [3.05, 3.63) is 29.7 Å². The maximum absolute atomic E-state index is 4.19. The van der Waals surface area contributed by atoms with E-state index in [1.807, 2.05) is 16.7 Å². The molecule has 0 aliphatic rings. The van der Waals surface area contributed by atoms with Crippen molar-refractivity contribution in [3.8, 4) is 0 Å². The number of rotatable bonds is 4. The van der Waals surface area contributed by atoms with Gasteiger partial charge in [-0.2, -0.15) is 0 Å². The van der Waals surface area contributed by atoms with Crippen molar-refractivity contribution in [1.29, 1.82) is 0 Å². The summed E-state index contributed by atoms with van der Waals surface area (Å²) in [4.78, 5) is 0. The monoisotopic (exact) mass is 218 g/mol. The Morgan fingerprint density at radius 1 is 1.44 bits per heavy atom. The molecule has 2 heterocycles. The Labute approximate surface area is 95.7 Å². The van der Waals surface area contributed by atoms with Crippen LogP contribution < -0.4 is 5.32 Å². The summed E-state index contributed by atoms with van der Waals surface area (Å²) in [5, 5.41) is 11.8. The van der Waals surface area contributed by atoms with Crippen LogP contribution in [0.2, 0.25) is 0 Å². The van der Waals surface area contributed by atoms with Crippen LogP contribution in [-0.4, -0.2) is 20.6 Å². The second-order valence-corrected chi connectivity index (χ2v) is 4.24. The predicted molar refractivity (Wildman–Crippen MR) is 64.3 cm³/mol. The van der Waals surface area contributed by atoms with E-state index in [9.17, 15) is 0 Å². The second-order valence-electron chi connectivity index (χ2n) is 4.24. The van der Waals surface area contributed by atoms with Gasteiger partial charge in [-0.15, -0.1) is 10.2 Å². The molecule has 0 aromatic carbocycles. The summed E-state index contributed by atoms with van der Waals surface area (Å²) in [7, 11) is 0. The third-order valence-corrected chi connectivity index (χ3v) is 2.86. The quantitative estimate of drug-likeness (QED) is 0.852. The van der Waals surface area contributed by atoms with E-state index in [2.05, 4.69) is 42.4 Å². The molecule has 1 N–H and O–H groups in total. The summed E-state index contributed by atoms with van der Waals surface area (Å²) in [5.41, 5.74) is 2.13. The first-order valence-electron chi connectivity index (χ1n) is 5.74. The first kappa shape index (κ1) is 11.1. The number of hydrogen-bond donors (Lipinski definition) is 1. The maximum Gasteiger partial charge on any atom is 0.161 e. The zero-order valence-electron chi connectivity index (χ0n) is 10.1. The summed E-state index contributed by atoms with van der Waals surface area (Å²) in [6.45, 7) is 7.17. The Morgan fingerprint density at radius 2 is 2.25 bits per heavy atom. The normalized spacial score (nSPS) is 13.2. The third kappa shape index (κ3) is 2.22. The van der Waals surface area contributed by atoms with Crippen molar-refractivity contribution in [1.82, 2.24) is 19.9 Å². The molecular weight excluding hydrogens is 200 g/mol. The molecule has 0 aliphatic carbocycles. The lowest BCUT2D eigenvalue weighted by atomic mass is 10.2. The minimum absolute atomic E-state index is 0.512. The molecule has 0 bridgehead atoms. The highest BCUT2D eigenvalue weighted by Crippen LogP contribution is 2.06. The van der Waals surface area contributed by atoms with Gasteiger partial charge in [0.25, 0.3) is 0 Å². The fraction of sp³-hybridized carbons (Fsp3) is 0.500. The van der Waals surface area contributed by atoms with Crippen molar-refractivity contribution in [2.24, 2.45) is 0 Å². The van der Waals surface area contributed by atoms with Gasteiger partial charge in [0.15, 0.2) is 11.5 Å². The molecule has 0 radical (unpaired) electrons. The number of fused-ring (bicyclic) bond motifs is 1. The van der Waals surface area contributed by atoms with Crippen LogP contribution in [0.15, 0.2) is 18.3 Å². The van der Waals surface area contributed by atoms with Crippen molar-refractivity contribution in [3.63, 3.8) is 0 Å². The number of nitrogens with one attached hydrogen (secondary N) is 1. The average Bonchev–Trinajstić information content (AvgIpc) is 2.68. The zero-order chi connectivity index (χ0) is 11.5.